The standard InChI is InChI=1S/C21H24FN5O2/c1-13(21(28)29)4-5-14-6-7-15(22)11-16(14)18-3-2-9-26(18)19-8-10-27-20(25-19)17(23)12-24-27/h6-8,10-13,18H,2-5,9,23H2,1H3,(H,28,29). The fourth-order valence-corrected chi connectivity index (χ4v) is 4.00. The number of carbonyl (C=O) groups is 1. The number of anilines is 2. The van der Waals surface area contributed by atoms with Crippen LogP contribution in [0.15, 0.2) is 36.7 Å². The number of hydrogen-bond donors (Lipinski definition) is 2. The number of carboxylic acid groups (broad SMARTS) is 1. The highest BCUT2D eigenvalue weighted by Gasteiger charge is 2.29. The third-order valence-electron chi connectivity index (χ3n) is 5.66. The van der Waals surface area contributed by atoms with Crippen molar-refractivity contribution in [1.82, 2.24) is 14.6 Å². The number of aryl methyl sites for hydroxylation is 1. The molecule has 2 atom stereocenters. The summed E-state index contributed by atoms with van der Waals surface area (Å²) < 4.78 is 15.8. The maximum Gasteiger partial charge on any atom is 0.306 e. The Balaban J connectivity index is 1.66. The minimum atomic E-state index is -0.813. The smallest absolute Gasteiger partial charge is 0.306 e. The molecule has 4 rings (SSSR count). The molecule has 3 heterocycles. The number of nitrogen functional groups attached to an aromatic ring is 1. The molecule has 2 unspecified atom stereocenters. The molecule has 0 amide bonds. The molecule has 3 aromatic rings. The highest BCUT2D eigenvalue weighted by atomic mass is 19.1. The van der Waals surface area contributed by atoms with E-state index in [1.54, 1.807) is 29.8 Å². The fourth-order valence-electron chi connectivity index (χ4n) is 4.00. The van der Waals surface area contributed by atoms with Gasteiger partial charge < -0.3 is 15.7 Å². The summed E-state index contributed by atoms with van der Waals surface area (Å²) in [6.45, 7) is 2.51. The third-order valence-corrected chi connectivity index (χ3v) is 5.66. The van der Waals surface area contributed by atoms with E-state index in [0.29, 0.717) is 24.2 Å². The van der Waals surface area contributed by atoms with Crippen molar-refractivity contribution in [3.63, 3.8) is 0 Å². The number of hydrogen-bond acceptors (Lipinski definition) is 5. The van der Waals surface area contributed by atoms with Crippen LogP contribution < -0.4 is 10.6 Å². The average Bonchev–Trinajstić information content (AvgIpc) is 3.33. The molecule has 29 heavy (non-hydrogen) atoms. The maximum atomic E-state index is 14.1. The second-order valence-corrected chi connectivity index (χ2v) is 7.63. The van der Waals surface area contributed by atoms with Crippen LogP contribution in [0.3, 0.4) is 0 Å². The van der Waals surface area contributed by atoms with E-state index in [1.807, 2.05) is 12.3 Å². The molecule has 1 aromatic carbocycles. The molecule has 8 heteroatoms. The van der Waals surface area contributed by atoms with E-state index in [2.05, 4.69) is 15.0 Å². The van der Waals surface area contributed by atoms with Gasteiger partial charge in [-0.1, -0.05) is 13.0 Å². The van der Waals surface area contributed by atoms with Gasteiger partial charge in [0.15, 0.2) is 5.65 Å². The number of carboxylic acids is 1. The van der Waals surface area contributed by atoms with Crippen molar-refractivity contribution in [2.45, 2.75) is 38.6 Å². The molecule has 1 fully saturated rings. The second-order valence-electron chi connectivity index (χ2n) is 7.63. The molecule has 1 aliphatic heterocycles. The van der Waals surface area contributed by atoms with Crippen molar-refractivity contribution in [3.05, 3.63) is 53.6 Å². The number of nitrogens with two attached hydrogens (primary N) is 1. The quantitative estimate of drug-likeness (QED) is 0.661. The molecule has 3 N–H and O–H groups in total. The van der Waals surface area contributed by atoms with E-state index in [1.165, 1.54) is 6.07 Å². The summed E-state index contributed by atoms with van der Waals surface area (Å²) in [5, 5.41) is 13.3. The molecule has 0 aliphatic carbocycles. The first-order valence-electron chi connectivity index (χ1n) is 9.81. The van der Waals surface area contributed by atoms with Crippen LogP contribution in [0.25, 0.3) is 5.65 Å². The topological polar surface area (TPSA) is 96.8 Å². The molecule has 152 valence electrons. The number of nitrogens with zero attached hydrogens (tertiary/aromatic N) is 4. The zero-order chi connectivity index (χ0) is 20.5. The number of benzene rings is 1. The molecule has 7 nitrogen and oxygen atoms in total. The molecule has 0 spiro atoms. The Morgan fingerprint density at radius 3 is 3.03 bits per heavy atom. The number of rotatable bonds is 6. The van der Waals surface area contributed by atoms with Crippen molar-refractivity contribution >= 4 is 23.1 Å². The first-order chi connectivity index (χ1) is 13.9. The first-order valence-corrected chi connectivity index (χ1v) is 9.81. The van der Waals surface area contributed by atoms with Crippen molar-refractivity contribution in [2.75, 3.05) is 17.2 Å². The lowest BCUT2D eigenvalue weighted by atomic mass is 9.92. The summed E-state index contributed by atoms with van der Waals surface area (Å²) >= 11 is 0. The predicted molar refractivity (Wildman–Crippen MR) is 108 cm³/mol. The van der Waals surface area contributed by atoms with Gasteiger partial charge in [0, 0.05) is 12.7 Å². The Morgan fingerprint density at radius 2 is 2.24 bits per heavy atom. The summed E-state index contributed by atoms with van der Waals surface area (Å²) in [5.74, 6) is -0.764. The number of aromatic nitrogens is 3. The zero-order valence-electron chi connectivity index (χ0n) is 16.3. The van der Waals surface area contributed by atoms with Gasteiger partial charge in [0.25, 0.3) is 0 Å². The van der Waals surface area contributed by atoms with E-state index >= 15 is 0 Å². The predicted octanol–water partition coefficient (Wildman–Crippen LogP) is 3.45. The van der Waals surface area contributed by atoms with Gasteiger partial charge in [-0.3, -0.25) is 4.79 Å². The maximum absolute atomic E-state index is 14.1. The van der Waals surface area contributed by atoms with Crippen LogP contribution in [-0.4, -0.2) is 32.2 Å². The van der Waals surface area contributed by atoms with Crippen molar-refractivity contribution in [1.29, 1.82) is 0 Å². The number of aliphatic carboxylic acids is 1. The van der Waals surface area contributed by atoms with Gasteiger partial charge in [-0.25, -0.2) is 13.9 Å². The summed E-state index contributed by atoms with van der Waals surface area (Å²) in [7, 11) is 0. The van der Waals surface area contributed by atoms with Gasteiger partial charge in [0.1, 0.15) is 11.6 Å². The number of fused-ring (bicyclic) bond motifs is 1. The highest BCUT2D eigenvalue weighted by Crippen LogP contribution is 2.38. The van der Waals surface area contributed by atoms with Gasteiger partial charge in [-0.05, 0) is 55.0 Å². The fraction of sp³-hybridized carbons (Fsp3) is 0.381. The molecular formula is C21H24FN5O2. The molecule has 0 saturated carbocycles. The SMILES string of the molecule is CC(CCc1ccc(F)cc1C1CCCN1c1ccn2ncc(N)c2n1)C(=O)O. The largest absolute Gasteiger partial charge is 0.481 e. The molecular weight excluding hydrogens is 373 g/mol. The summed E-state index contributed by atoms with van der Waals surface area (Å²) in [6.07, 6.45) is 6.35. The van der Waals surface area contributed by atoms with Crippen LogP contribution in [0.4, 0.5) is 15.9 Å². The van der Waals surface area contributed by atoms with Crippen molar-refractivity contribution < 1.29 is 14.3 Å². The molecule has 1 aliphatic rings. The van der Waals surface area contributed by atoms with Gasteiger partial charge in [-0.15, -0.1) is 0 Å². The average molecular weight is 397 g/mol. The van der Waals surface area contributed by atoms with Crippen LogP contribution in [0, 0.1) is 11.7 Å². The van der Waals surface area contributed by atoms with E-state index < -0.39 is 11.9 Å². The third kappa shape index (κ3) is 3.74. The Kier molecular flexibility index (Phi) is 5.08. The van der Waals surface area contributed by atoms with E-state index in [9.17, 15) is 14.3 Å². The van der Waals surface area contributed by atoms with Crippen LogP contribution in [-0.2, 0) is 11.2 Å². The lowest BCUT2D eigenvalue weighted by molar-refractivity contribution is -0.141. The molecule has 1 saturated heterocycles. The highest BCUT2D eigenvalue weighted by molar-refractivity contribution is 5.69. The van der Waals surface area contributed by atoms with E-state index in [0.717, 1.165) is 36.3 Å². The molecule has 2 aromatic heterocycles. The Labute approximate surface area is 168 Å². The summed E-state index contributed by atoms with van der Waals surface area (Å²) in [6, 6.07) is 6.68. The molecule has 0 bridgehead atoms. The van der Waals surface area contributed by atoms with E-state index in [-0.39, 0.29) is 11.9 Å². The van der Waals surface area contributed by atoms with Crippen LogP contribution in [0.2, 0.25) is 0 Å². The molecule has 0 radical (unpaired) electrons. The van der Waals surface area contributed by atoms with E-state index in [4.69, 9.17) is 5.73 Å². The van der Waals surface area contributed by atoms with Crippen molar-refractivity contribution in [3.8, 4) is 0 Å². The minimum Gasteiger partial charge on any atom is -0.481 e. The first kappa shape index (κ1) is 19.2. The summed E-state index contributed by atoms with van der Waals surface area (Å²) in [5.41, 5.74) is 8.97. The minimum absolute atomic E-state index is 0.0140. The summed E-state index contributed by atoms with van der Waals surface area (Å²) in [4.78, 5) is 18.0. The van der Waals surface area contributed by atoms with Gasteiger partial charge in [0.05, 0.1) is 23.8 Å². The van der Waals surface area contributed by atoms with Crippen LogP contribution in [0.1, 0.15) is 43.4 Å². The van der Waals surface area contributed by atoms with Crippen molar-refractivity contribution in [2.24, 2.45) is 5.92 Å². The number of halogens is 1. The van der Waals surface area contributed by atoms with Gasteiger partial charge in [-0.2, -0.15) is 5.10 Å². The van der Waals surface area contributed by atoms with Gasteiger partial charge >= 0.3 is 5.97 Å². The van der Waals surface area contributed by atoms with Gasteiger partial charge in [0.2, 0.25) is 0 Å². The Morgan fingerprint density at radius 1 is 1.41 bits per heavy atom. The lowest BCUT2D eigenvalue weighted by Crippen LogP contribution is -2.25. The normalized spacial score (nSPS) is 17.7. The van der Waals surface area contributed by atoms with Crippen LogP contribution >= 0.6 is 0 Å². The monoisotopic (exact) mass is 397 g/mol. The Bertz CT molecular complexity index is 1050. The zero-order valence-corrected chi connectivity index (χ0v) is 16.3. The Hall–Kier alpha value is -3.16. The lowest BCUT2D eigenvalue weighted by Gasteiger charge is -2.28. The second kappa shape index (κ2) is 7.69. The van der Waals surface area contributed by atoms with Crippen LogP contribution in [0.5, 0.6) is 0 Å².